The van der Waals surface area contributed by atoms with Crippen LogP contribution in [0.2, 0.25) is 0 Å². The Balaban J connectivity index is 1.35. The highest BCUT2D eigenvalue weighted by atomic mass is 16.2. The number of para-hydroxylation sites is 1. The van der Waals surface area contributed by atoms with E-state index in [0.29, 0.717) is 5.70 Å². The van der Waals surface area contributed by atoms with E-state index in [1.54, 1.807) is 0 Å². The molecule has 0 bridgehead atoms. The van der Waals surface area contributed by atoms with Gasteiger partial charge in [-0.15, -0.1) is 0 Å². The van der Waals surface area contributed by atoms with Crippen molar-refractivity contribution in [3.05, 3.63) is 114 Å². The molecule has 2 N–H and O–H groups in total. The zero-order valence-electron chi connectivity index (χ0n) is 17.0. The maximum atomic E-state index is 13.4. The molecule has 2 aliphatic heterocycles. The number of nitrogens with zero attached hydrogens (tertiary/aromatic N) is 2. The van der Waals surface area contributed by atoms with Crippen LogP contribution in [0.4, 0.5) is 0 Å². The lowest BCUT2D eigenvalue weighted by Crippen LogP contribution is -2.38. The monoisotopic (exact) mass is 406 g/mol. The fraction of sp³-hybridized carbons (Fsp3) is 0.154. The van der Waals surface area contributed by atoms with Crippen LogP contribution in [0, 0.1) is 0 Å². The van der Waals surface area contributed by atoms with E-state index < -0.39 is 0 Å². The molecule has 1 fully saturated rings. The molecular weight excluding hydrogens is 384 g/mol. The molecule has 6 rings (SSSR count). The summed E-state index contributed by atoms with van der Waals surface area (Å²) in [7, 11) is 0. The summed E-state index contributed by atoms with van der Waals surface area (Å²) in [5.74, 6) is -0.0722. The average Bonchev–Trinajstić information content (AvgIpc) is 3.51. The van der Waals surface area contributed by atoms with Crippen molar-refractivity contribution in [3.63, 3.8) is 0 Å². The summed E-state index contributed by atoms with van der Waals surface area (Å²) < 4.78 is 0. The van der Waals surface area contributed by atoms with Gasteiger partial charge in [0.1, 0.15) is 11.9 Å². The summed E-state index contributed by atoms with van der Waals surface area (Å²) in [6.45, 7) is 0. The second kappa shape index (κ2) is 6.84. The number of aromatic nitrogens is 1. The van der Waals surface area contributed by atoms with Crippen molar-refractivity contribution in [3.8, 4) is 0 Å². The lowest BCUT2D eigenvalue weighted by atomic mass is 10.0. The molecule has 1 aromatic heterocycles. The molecular formula is C26H22N4O. The smallest absolute Gasteiger partial charge is 0.270 e. The third kappa shape index (κ3) is 2.93. The molecule has 3 aromatic rings. The highest BCUT2D eigenvalue weighted by molar-refractivity contribution is 5.96. The van der Waals surface area contributed by atoms with Crippen LogP contribution < -0.4 is 10.6 Å². The van der Waals surface area contributed by atoms with Crippen molar-refractivity contribution in [2.45, 2.75) is 24.5 Å². The molecule has 1 saturated carbocycles. The molecule has 0 saturated heterocycles. The molecule has 5 nitrogen and oxygen atoms in total. The Kier molecular flexibility index (Phi) is 3.96. The maximum absolute atomic E-state index is 13.4. The molecule has 0 radical (unpaired) electrons. The van der Waals surface area contributed by atoms with Gasteiger partial charge in [0.05, 0.1) is 16.8 Å². The van der Waals surface area contributed by atoms with E-state index in [2.05, 4.69) is 50.8 Å². The first kappa shape index (κ1) is 18.0. The topological polar surface area (TPSA) is 57.3 Å². The van der Waals surface area contributed by atoms with Crippen LogP contribution in [0.5, 0.6) is 0 Å². The number of nitrogens with one attached hydrogen (secondary N) is 2. The lowest BCUT2D eigenvalue weighted by Gasteiger charge is -2.26. The first-order valence-electron chi connectivity index (χ1n) is 10.6. The van der Waals surface area contributed by atoms with Gasteiger partial charge in [-0.3, -0.25) is 9.78 Å². The van der Waals surface area contributed by atoms with E-state index >= 15 is 0 Å². The largest absolute Gasteiger partial charge is 0.355 e. The molecule has 152 valence electrons. The molecule has 1 unspecified atom stereocenters. The number of amides is 1. The molecule has 3 aliphatic rings. The van der Waals surface area contributed by atoms with Crippen LogP contribution >= 0.6 is 0 Å². The first-order chi connectivity index (χ1) is 15.3. The summed E-state index contributed by atoms with van der Waals surface area (Å²) in [5.41, 5.74) is 4.36. The number of carbonyl (C=O) groups excluding carboxylic acids is 1. The van der Waals surface area contributed by atoms with E-state index in [0.717, 1.165) is 40.6 Å². The molecule has 1 atom stereocenters. The minimum absolute atomic E-state index is 0.0722. The van der Waals surface area contributed by atoms with Crippen molar-refractivity contribution < 1.29 is 4.79 Å². The molecule has 1 aliphatic carbocycles. The molecule has 1 amide bonds. The number of allylic oxidation sites excluding steroid dienone is 3. The SMILES string of the molecule is O=C(NC1(c2ccccc2)CC1)C1=C2C=CC=CN2C(c2cccc3cccnc23)N1. The Bertz CT molecular complexity index is 1270. The van der Waals surface area contributed by atoms with Crippen LogP contribution in [0.15, 0.2) is 103 Å². The Labute approximate surface area is 180 Å². The fourth-order valence-electron chi connectivity index (χ4n) is 4.58. The van der Waals surface area contributed by atoms with E-state index in [9.17, 15) is 4.79 Å². The van der Waals surface area contributed by atoms with Gasteiger partial charge in [0.25, 0.3) is 5.91 Å². The fourth-order valence-corrected chi connectivity index (χ4v) is 4.58. The Hall–Kier alpha value is -3.86. The van der Waals surface area contributed by atoms with E-state index in [-0.39, 0.29) is 17.6 Å². The van der Waals surface area contributed by atoms with Gasteiger partial charge in [0.15, 0.2) is 0 Å². The average molecular weight is 406 g/mol. The van der Waals surface area contributed by atoms with Crippen LogP contribution in [0.25, 0.3) is 10.9 Å². The van der Waals surface area contributed by atoms with Crippen LogP contribution in [0.3, 0.4) is 0 Å². The number of carbonyl (C=O) groups is 1. The summed E-state index contributed by atoms with van der Waals surface area (Å²) in [6.07, 6.45) is 11.5. The standard InChI is InChI=1S/C26H22N4O/c31-25(29-26(14-15-26)19-10-2-1-3-11-19)23-21-13-4-5-17-30(21)24(28-23)20-12-6-8-18-9-7-16-27-22(18)20/h1-13,16-17,24,28H,14-15H2,(H,29,31). The summed E-state index contributed by atoms with van der Waals surface area (Å²) in [4.78, 5) is 20.2. The summed E-state index contributed by atoms with van der Waals surface area (Å²) in [6, 6.07) is 20.4. The Morgan fingerprint density at radius 1 is 1.03 bits per heavy atom. The van der Waals surface area contributed by atoms with Gasteiger partial charge in [-0.1, -0.05) is 60.7 Å². The highest BCUT2D eigenvalue weighted by Gasteiger charge is 2.47. The number of benzene rings is 2. The molecule has 2 aromatic carbocycles. The van der Waals surface area contributed by atoms with Crippen molar-refractivity contribution in [2.24, 2.45) is 0 Å². The Morgan fingerprint density at radius 2 is 1.87 bits per heavy atom. The second-order valence-corrected chi connectivity index (χ2v) is 8.24. The number of pyridine rings is 1. The van der Waals surface area contributed by atoms with Crippen molar-refractivity contribution in [2.75, 3.05) is 0 Å². The summed E-state index contributed by atoms with van der Waals surface area (Å²) in [5, 5.41) is 7.88. The van der Waals surface area contributed by atoms with Crippen molar-refractivity contribution >= 4 is 16.8 Å². The quantitative estimate of drug-likeness (QED) is 0.681. The number of fused-ring (bicyclic) bond motifs is 2. The van der Waals surface area contributed by atoms with Gasteiger partial charge in [0, 0.05) is 23.3 Å². The van der Waals surface area contributed by atoms with Gasteiger partial charge >= 0.3 is 0 Å². The Morgan fingerprint density at radius 3 is 2.71 bits per heavy atom. The van der Waals surface area contributed by atoms with Gasteiger partial charge in [-0.25, -0.2) is 0 Å². The van der Waals surface area contributed by atoms with Crippen LogP contribution in [-0.2, 0) is 10.3 Å². The van der Waals surface area contributed by atoms with E-state index in [1.165, 1.54) is 0 Å². The van der Waals surface area contributed by atoms with Crippen LogP contribution in [-0.4, -0.2) is 15.8 Å². The van der Waals surface area contributed by atoms with Crippen LogP contribution in [0.1, 0.15) is 30.1 Å². The summed E-state index contributed by atoms with van der Waals surface area (Å²) >= 11 is 0. The molecule has 0 spiro atoms. The molecule has 31 heavy (non-hydrogen) atoms. The van der Waals surface area contributed by atoms with Crippen molar-refractivity contribution in [1.82, 2.24) is 20.5 Å². The number of hydrogen-bond donors (Lipinski definition) is 2. The normalized spacial score (nSPS) is 20.5. The van der Waals surface area contributed by atoms with E-state index in [4.69, 9.17) is 0 Å². The predicted molar refractivity (Wildman–Crippen MR) is 120 cm³/mol. The van der Waals surface area contributed by atoms with Gasteiger partial charge in [-0.05, 0) is 36.6 Å². The van der Waals surface area contributed by atoms with E-state index in [1.807, 2.05) is 61.0 Å². The minimum Gasteiger partial charge on any atom is -0.355 e. The third-order valence-electron chi connectivity index (χ3n) is 6.32. The lowest BCUT2D eigenvalue weighted by molar-refractivity contribution is -0.118. The zero-order chi connectivity index (χ0) is 20.8. The predicted octanol–water partition coefficient (Wildman–Crippen LogP) is 4.24. The maximum Gasteiger partial charge on any atom is 0.270 e. The van der Waals surface area contributed by atoms with Gasteiger partial charge in [-0.2, -0.15) is 0 Å². The van der Waals surface area contributed by atoms with Gasteiger partial charge in [0.2, 0.25) is 0 Å². The van der Waals surface area contributed by atoms with Gasteiger partial charge < -0.3 is 15.5 Å². The third-order valence-corrected chi connectivity index (χ3v) is 6.32. The van der Waals surface area contributed by atoms with Crippen molar-refractivity contribution in [1.29, 1.82) is 0 Å². The molecule has 3 heterocycles. The minimum atomic E-state index is -0.258. The highest BCUT2D eigenvalue weighted by Crippen LogP contribution is 2.46. The zero-order valence-corrected chi connectivity index (χ0v) is 17.0. The molecule has 5 heteroatoms. The second-order valence-electron chi connectivity index (χ2n) is 8.24. The number of hydrogen-bond acceptors (Lipinski definition) is 4. The number of rotatable bonds is 4. The first-order valence-corrected chi connectivity index (χ1v) is 10.6.